The second kappa shape index (κ2) is 10.1. The van der Waals surface area contributed by atoms with Crippen molar-refractivity contribution in [1.82, 2.24) is 0 Å². The number of hydrogen-bond acceptors (Lipinski definition) is 5. The minimum atomic E-state index is -1.12. The van der Waals surface area contributed by atoms with Crippen LogP contribution < -0.4 is 14.5 Å². The van der Waals surface area contributed by atoms with Crippen molar-refractivity contribution in [2.45, 2.75) is 32.7 Å². The van der Waals surface area contributed by atoms with Crippen molar-refractivity contribution >= 4 is 28.8 Å². The monoisotopic (exact) mass is 500 g/mol. The molecule has 0 radical (unpaired) electrons. The Morgan fingerprint density at radius 3 is 2.32 bits per heavy atom. The molecule has 2 heterocycles. The molecule has 1 N–H and O–H groups in total. The summed E-state index contributed by atoms with van der Waals surface area (Å²) in [5.74, 6) is -1.94. The summed E-state index contributed by atoms with van der Waals surface area (Å²) in [4.78, 5) is 30.3. The zero-order valence-corrected chi connectivity index (χ0v) is 20.9. The minimum absolute atomic E-state index is 0.134. The summed E-state index contributed by atoms with van der Waals surface area (Å²) in [6.07, 6.45) is 2.27. The van der Waals surface area contributed by atoms with Crippen LogP contribution in [0.2, 0.25) is 0 Å². The number of Topliss-reactive ketones (excluding diaryl/α,β-unsaturated/α-hetero) is 1. The molecule has 1 unspecified atom stereocenters. The number of hydrogen-bond donors (Lipinski definition) is 1. The molecule has 37 heavy (non-hydrogen) atoms. The smallest absolute Gasteiger partial charge is 0.300 e. The lowest BCUT2D eigenvalue weighted by Gasteiger charge is -2.26. The van der Waals surface area contributed by atoms with Gasteiger partial charge in [0.25, 0.3) is 11.7 Å². The van der Waals surface area contributed by atoms with Crippen molar-refractivity contribution in [2.24, 2.45) is 0 Å². The highest BCUT2D eigenvalue weighted by molar-refractivity contribution is 6.51. The first-order chi connectivity index (χ1) is 17.9. The Balaban J connectivity index is 1.63. The van der Waals surface area contributed by atoms with Crippen molar-refractivity contribution in [3.8, 4) is 5.75 Å². The second-order valence-electron chi connectivity index (χ2n) is 9.31. The van der Waals surface area contributed by atoms with Crippen LogP contribution >= 0.6 is 0 Å². The Labute approximate surface area is 215 Å². The SMILES string of the molecule is CCOc1ccc(/C(O)=C2\C(=O)C(=O)N(c3ccc(N4CCCC4)cc3)C2c2ccccc2F)cc1C. The summed E-state index contributed by atoms with van der Waals surface area (Å²) in [6.45, 7) is 6.14. The number of amides is 1. The van der Waals surface area contributed by atoms with Crippen LogP contribution in [0.3, 0.4) is 0 Å². The molecule has 2 aliphatic rings. The van der Waals surface area contributed by atoms with Crippen LogP contribution in [0.5, 0.6) is 5.75 Å². The fourth-order valence-electron chi connectivity index (χ4n) is 5.16. The maximum Gasteiger partial charge on any atom is 0.300 e. The van der Waals surface area contributed by atoms with Gasteiger partial charge in [0.1, 0.15) is 17.3 Å². The molecule has 2 fully saturated rings. The summed E-state index contributed by atoms with van der Waals surface area (Å²) in [5, 5.41) is 11.3. The molecule has 3 aromatic rings. The number of ketones is 1. The van der Waals surface area contributed by atoms with E-state index in [1.54, 1.807) is 42.5 Å². The van der Waals surface area contributed by atoms with Gasteiger partial charge in [0.15, 0.2) is 0 Å². The number of nitrogens with zero attached hydrogens (tertiary/aromatic N) is 2. The van der Waals surface area contributed by atoms with Gasteiger partial charge in [0.2, 0.25) is 0 Å². The van der Waals surface area contributed by atoms with E-state index in [0.29, 0.717) is 23.6 Å². The minimum Gasteiger partial charge on any atom is -0.507 e. The number of ether oxygens (including phenoxy) is 1. The van der Waals surface area contributed by atoms with E-state index in [1.165, 1.54) is 17.0 Å². The van der Waals surface area contributed by atoms with E-state index in [9.17, 15) is 14.7 Å². The molecule has 5 rings (SSSR count). The number of halogens is 1. The predicted octanol–water partition coefficient (Wildman–Crippen LogP) is 5.76. The number of carbonyl (C=O) groups is 2. The first-order valence-electron chi connectivity index (χ1n) is 12.5. The molecule has 0 bridgehead atoms. The third-order valence-corrected chi connectivity index (χ3v) is 6.99. The highest BCUT2D eigenvalue weighted by Crippen LogP contribution is 2.43. The Morgan fingerprint density at radius 2 is 1.68 bits per heavy atom. The average Bonchev–Trinajstić information content (AvgIpc) is 3.53. The van der Waals surface area contributed by atoms with Crippen molar-refractivity contribution in [2.75, 3.05) is 29.5 Å². The third-order valence-electron chi connectivity index (χ3n) is 6.99. The molecule has 6 nitrogen and oxygen atoms in total. The molecule has 3 aromatic carbocycles. The van der Waals surface area contributed by atoms with Gasteiger partial charge in [-0.25, -0.2) is 4.39 Å². The van der Waals surface area contributed by atoms with E-state index >= 15 is 4.39 Å². The van der Waals surface area contributed by atoms with Gasteiger partial charge < -0.3 is 14.7 Å². The Hall–Kier alpha value is -4.13. The lowest BCUT2D eigenvalue weighted by atomic mass is 9.94. The highest BCUT2D eigenvalue weighted by Gasteiger charge is 2.47. The van der Waals surface area contributed by atoms with Crippen LogP contribution in [0, 0.1) is 12.7 Å². The maximum atomic E-state index is 15.1. The number of aliphatic hydroxyl groups excluding tert-OH is 1. The molecule has 2 saturated heterocycles. The van der Waals surface area contributed by atoms with E-state index in [1.807, 2.05) is 26.0 Å². The lowest BCUT2D eigenvalue weighted by Crippen LogP contribution is -2.30. The normalized spacial score (nSPS) is 19.1. The van der Waals surface area contributed by atoms with E-state index in [2.05, 4.69) is 4.90 Å². The summed E-state index contributed by atoms with van der Waals surface area (Å²) in [7, 11) is 0. The molecule has 0 aliphatic carbocycles. The van der Waals surface area contributed by atoms with E-state index < -0.39 is 23.5 Å². The fourth-order valence-corrected chi connectivity index (χ4v) is 5.16. The second-order valence-corrected chi connectivity index (χ2v) is 9.31. The molecule has 0 saturated carbocycles. The van der Waals surface area contributed by atoms with Crippen LogP contribution in [0.15, 0.2) is 72.3 Å². The molecule has 0 spiro atoms. The maximum absolute atomic E-state index is 15.1. The number of aliphatic hydroxyl groups is 1. The average molecular weight is 501 g/mol. The molecule has 1 atom stereocenters. The van der Waals surface area contributed by atoms with Crippen LogP contribution in [0.25, 0.3) is 5.76 Å². The fraction of sp³-hybridized carbons (Fsp3) is 0.267. The van der Waals surface area contributed by atoms with Gasteiger partial charge in [-0.1, -0.05) is 18.2 Å². The molecule has 190 valence electrons. The third kappa shape index (κ3) is 4.46. The summed E-state index contributed by atoms with van der Waals surface area (Å²) >= 11 is 0. The van der Waals surface area contributed by atoms with Crippen LogP contribution in [0.1, 0.15) is 42.5 Å². The molecular formula is C30H29FN2O4. The summed E-state index contributed by atoms with van der Waals surface area (Å²) in [6, 6.07) is 17.3. The Bertz CT molecular complexity index is 1380. The lowest BCUT2D eigenvalue weighted by molar-refractivity contribution is -0.132. The first-order valence-corrected chi connectivity index (χ1v) is 12.5. The number of aryl methyl sites for hydroxylation is 1. The first kappa shape index (κ1) is 24.6. The van der Waals surface area contributed by atoms with Crippen molar-refractivity contribution in [3.05, 3.63) is 94.8 Å². The van der Waals surface area contributed by atoms with Crippen LogP contribution in [-0.2, 0) is 9.59 Å². The van der Waals surface area contributed by atoms with Gasteiger partial charge >= 0.3 is 0 Å². The van der Waals surface area contributed by atoms with Crippen molar-refractivity contribution in [1.29, 1.82) is 0 Å². The van der Waals surface area contributed by atoms with Gasteiger partial charge in [-0.15, -0.1) is 0 Å². The van der Waals surface area contributed by atoms with Gasteiger partial charge in [-0.05, 0) is 80.8 Å². The Kier molecular flexibility index (Phi) is 6.70. The molecule has 7 heteroatoms. The zero-order chi connectivity index (χ0) is 26.1. The van der Waals surface area contributed by atoms with Crippen LogP contribution in [0.4, 0.5) is 15.8 Å². The zero-order valence-electron chi connectivity index (χ0n) is 20.9. The largest absolute Gasteiger partial charge is 0.507 e. The van der Waals surface area contributed by atoms with Crippen LogP contribution in [-0.4, -0.2) is 36.5 Å². The van der Waals surface area contributed by atoms with Gasteiger partial charge in [-0.2, -0.15) is 0 Å². The predicted molar refractivity (Wildman–Crippen MR) is 141 cm³/mol. The number of carbonyl (C=O) groups excluding carboxylic acids is 2. The number of rotatable bonds is 6. The van der Waals surface area contributed by atoms with Crippen molar-refractivity contribution < 1.29 is 23.8 Å². The number of anilines is 2. The molecule has 1 amide bonds. The topological polar surface area (TPSA) is 70.1 Å². The summed E-state index contributed by atoms with van der Waals surface area (Å²) < 4.78 is 20.7. The van der Waals surface area contributed by atoms with Gasteiger partial charge in [-0.3, -0.25) is 14.5 Å². The Morgan fingerprint density at radius 1 is 1.00 bits per heavy atom. The molecule has 2 aliphatic heterocycles. The van der Waals surface area contributed by atoms with Gasteiger partial charge in [0, 0.05) is 35.6 Å². The quantitative estimate of drug-likeness (QED) is 0.265. The highest BCUT2D eigenvalue weighted by atomic mass is 19.1. The van der Waals surface area contributed by atoms with E-state index in [4.69, 9.17) is 4.74 Å². The molecular weight excluding hydrogens is 471 g/mol. The van der Waals surface area contributed by atoms with E-state index in [-0.39, 0.29) is 16.9 Å². The number of benzene rings is 3. The standard InChI is InChI=1S/C30H29FN2O4/c1-3-37-25-15-10-20(18-19(25)2)28(34)26-27(23-8-4-5-9-24(23)31)33(30(36)29(26)35)22-13-11-21(12-14-22)32-16-6-7-17-32/h4-5,8-15,18,27,34H,3,6-7,16-17H2,1-2H3/b28-26+. The van der Waals surface area contributed by atoms with Crippen molar-refractivity contribution in [3.63, 3.8) is 0 Å². The summed E-state index contributed by atoms with van der Waals surface area (Å²) in [5.41, 5.74) is 2.59. The molecule has 0 aromatic heterocycles. The van der Waals surface area contributed by atoms with E-state index in [0.717, 1.165) is 37.2 Å². The van der Waals surface area contributed by atoms with Gasteiger partial charge in [0.05, 0.1) is 18.2 Å².